The van der Waals surface area contributed by atoms with E-state index < -0.39 is 5.82 Å². The van der Waals surface area contributed by atoms with E-state index in [0.717, 1.165) is 5.56 Å². The lowest BCUT2D eigenvalue weighted by atomic mass is 10.1. The molecule has 0 fully saturated rings. The monoisotopic (exact) mass is 336 g/mol. The normalized spacial score (nSPS) is 10.3. The standard InChI is InChI=1S/C15H14BrFN2O/c1-19(9-10-2-5-12(18)6-3-10)15(20)13-8-11(16)4-7-14(13)17/h2-8H,9,18H2,1H3. The van der Waals surface area contributed by atoms with Crippen molar-refractivity contribution in [3.05, 3.63) is 63.9 Å². The van der Waals surface area contributed by atoms with Gasteiger partial charge in [-0.15, -0.1) is 0 Å². The van der Waals surface area contributed by atoms with Gasteiger partial charge in [-0.25, -0.2) is 4.39 Å². The third-order valence-electron chi connectivity index (χ3n) is 2.90. The predicted octanol–water partition coefficient (Wildman–Crippen LogP) is 3.44. The minimum atomic E-state index is -0.526. The van der Waals surface area contributed by atoms with Gasteiger partial charge in [0, 0.05) is 23.8 Å². The Kier molecular flexibility index (Phi) is 4.39. The fourth-order valence-electron chi connectivity index (χ4n) is 1.84. The molecule has 5 heteroatoms. The Labute approximate surface area is 125 Å². The molecule has 0 unspecified atom stereocenters. The number of carbonyl (C=O) groups is 1. The van der Waals surface area contributed by atoms with Crippen LogP contribution in [-0.4, -0.2) is 17.9 Å². The van der Waals surface area contributed by atoms with Crippen LogP contribution in [0, 0.1) is 5.82 Å². The fraction of sp³-hybridized carbons (Fsp3) is 0.133. The summed E-state index contributed by atoms with van der Waals surface area (Å²) in [5.41, 5.74) is 7.27. The van der Waals surface area contributed by atoms with Crippen molar-refractivity contribution in [2.24, 2.45) is 0 Å². The highest BCUT2D eigenvalue weighted by molar-refractivity contribution is 9.10. The molecular formula is C15H14BrFN2O. The molecule has 0 aliphatic carbocycles. The van der Waals surface area contributed by atoms with E-state index in [9.17, 15) is 9.18 Å². The number of hydrogen-bond donors (Lipinski definition) is 1. The van der Waals surface area contributed by atoms with Crippen LogP contribution in [0.25, 0.3) is 0 Å². The third-order valence-corrected chi connectivity index (χ3v) is 3.40. The molecule has 0 aliphatic rings. The van der Waals surface area contributed by atoms with Gasteiger partial charge >= 0.3 is 0 Å². The second kappa shape index (κ2) is 6.05. The fourth-order valence-corrected chi connectivity index (χ4v) is 2.20. The van der Waals surface area contributed by atoms with Crippen molar-refractivity contribution in [2.45, 2.75) is 6.54 Å². The van der Waals surface area contributed by atoms with Gasteiger partial charge in [0.2, 0.25) is 0 Å². The summed E-state index contributed by atoms with van der Waals surface area (Å²) in [6.45, 7) is 0.394. The topological polar surface area (TPSA) is 46.3 Å². The Morgan fingerprint density at radius 1 is 1.25 bits per heavy atom. The first-order valence-electron chi connectivity index (χ1n) is 6.02. The lowest BCUT2D eigenvalue weighted by Crippen LogP contribution is -2.27. The number of nitrogens with zero attached hydrogens (tertiary/aromatic N) is 1. The molecule has 104 valence electrons. The summed E-state index contributed by atoms with van der Waals surface area (Å²) in [6.07, 6.45) is 0. The highest BCUT2D eigenvalue weighted by Crippen LogP contribution is 2.18. The number of anilines is 1. The largest absolute Gasteiger partial charge is 0.399 e. The number of nitrogen functional groups attached to an aromatic ring is 1. The number of nitrogens with two attached hydrogens (primary N) is 1. The minimum absolute atomic E-state index is 0.0531. The van der Waals surface area contributed by atoms with Crippen LogP contribution >= 0.6 is 15.9 Å². The second-order valence-electron chi connectivity index (χ2n) is 4.53. The summed E-state index contributed by atoms with van der Waals surface area (Å²) < 4.78 is 14.4. The summed E-state index contributed by atoms with van der Waals surface area (Å²) in [7, 11) is 1.64. The van der Waals surface area contributed by atoms with Gasteiger partial charge in [-0.05, 0) is 35.9 Å². The highest BCUT2D eigenvalue weighted by atomic mass is 79.9. The first-order chi connectivity index (χ1) is 9.47. The van der Waals surface area contributed by atoms with Crippen molar-refractivity contribution in [1.29, 1.82) is 0 Å². The third kappa shape index (κ3) is 3.36. The summed E-state index contributed by atoms with van der Waals surface area (Å²) in [4.78, 5) is 13.7. The Balaban J connectivity index is 2.16. The number of carbonyl (C=O) groups excluding carboxylic acids is 1. The van der Waals surface area contributed by atoms with Crippen molar-refractivity contribution in [3.63, 3.8) is 0 Å². The summed E-state index contributed by atoms with van der Waals surface area (Å²) in [5, 5.41) is 0. The first-order valence-corrected chi connectivity index (χ1v) is 6.81. The van der Waals surface area contributed by atoms with Gasteiger partial charge in [0.05, 0.1) is 5.56 Å². The molecular weight excluding hydrogens is 323 g/mol. The Morgan fingerprint density at radius 2 is 1.90 bits per heavy atom. The van der Waals surface area contributed by atoms with Crippen LogP contribution in [0.15, 0.2) is 46.9 Å². The minimum Gasteiger partial charge on any atom is -0.399 e. The molecule has 2 N–H and O–H groups in total. The number of benzene rings is 2. The van der Waals surface area contributed by atoms with Gasteiger partial charge in [-0.2, -0.15) is 0 Å². The van der Waals surface area contributed by atoms with E-state index in [1.807, 2.05) is 12.1 Å². The smallest absolute Gasteiger partial charge is 0.256 e. The van der Waals surface area contributed by atoms with Crippen LogP contribution in [0.3, 0.4) is 0 Å². The average Bonchev–Trinajstić information content (AvgIpc) is 2.43. The van der Waals surface area contributed by atoms with Crippen molar-refractivity contribution < 1.29 is 9.18 Å². The summed E-state index contributed by atoms with van der Waals surface area (Å²) in [5.74, 6) is -0.886. The van der Waals surface area contributed by atoms with Crippen LogP contribution in [0.5, 0.6) is 0 Å². The zero-order valence-corrected chi connectivity index (χ0v) is 12.5. The van der Waals surface area contributed by atoms with E-state index in [1.54, 1.807) is 25.2 Å². The molecule has 0 atom stereocenters. The SMILES string of the molecule is CN(Cc1ccc(N)cc1)C(=O)c1cc(Br)ccc1F. The van der Waals surface area contributed by atoms with Crippen LogP contribution in [0.4, 0.5) is 10.1 Å². The molecule has 2 rings (SSSR count). The molecule has 1 amide bonds. The maximum Gasteiger partial charge on any atom is 0.256 e. The number of halogens is 2. The van der Waals surface area contributed by atoms with E-state index in [1.165, 1.54) is 17.0 Å². The van der Waals surface area contributed by atoms with Gasteiger partial charge in [-0.3, -0.25) is 4.79 Å². The van der Waals surface area contributed by atoms with Crippen LogP contribution in [0.1, 0.15) is 15.9 Å². The molecule has 0 spiro atoms. The number of rotatable bonds is 3. The molecule has 2 aromatic carbocycles. The lowest BCUT2D eigenvalue weighted by molar-refractivity contribution is 0.0780. The van der Waals surface area contributed by atoms with Gasteiger partial charge in [0.15, 0.2) is 0 Å². The van der Waals surface area contributed by atoms with E-state index in [0.29, 0.717) is 16.7 Å². The Morgan fingerprint density at radius 3 is 2.55 bits per heavy atom. The maximum absolute atomic E-state index is 13.7. The Hall–Kier alpha value is -1.88. The lowest BCUT2D eigenvalue weighted by Gasteiger charge is -2.18. The van der Waals surface area contributed by atoms with E-state index in [4.69, 9.17) is 5.73 Å². The molecule has 0 heterocycles. The Bertz CT molecular complexity index is 628. The van der Waals surface area contributed by atoms with E-state index >= 15 is 0 Å². The van der Waals surface area contributed by atoms with Gasteiger partial charge < -0.3 is 10.6 Å². The van der Waals surface area contributed by atoms with E-state index in [-0.39, 0.29) is 11.5 Å². The van der Waals surface area contributed by atoms with Crippen LogP contribution in [-0.2, 0) is 6.54 Å². The molecule has 2 aromatic rings. The molecule has 0 bridgehead atoms. The maximum atomic E-state index is 13.7. The van der Waals surface area contributed by atoms with Crippen molar-refractivity contribution in [1.82, 2.24) is 4.90 Å². The molecule has 0 aromatic heterocycles. The first kappa shape index (κ1) is 14.5. The summed E-state index contributed by atoms with van der Waals surface area (Å²) >= 11 is 3.24. The summed E-state index contributed by atoms with van der Waals surface area (Å²) in [6, 6.07) is 11.5. The van der Waals surface area contributed by atoms with Crippen molar-refractivity contribution in [3.8, 4) is 0 Å². The van der Waals surface area contributed by atoms with Crippen LogP contribution < -0.4 is 5.73 Å². The number of amides is 1. The van der Waals surface area contributed by atoms with Gasteiger partial charge in [0.25, 0.3) is 5.91 Å². The molecule has 0 saturated carbocycles. The van der Waals surface area contributed by atoms with E-state index in [2.05, 4.69) is 15.9 Å². The van der Waals surface area contributed by atoms with Crippen molar-refractivity contribution >= 4 is 27.5 Å². The second-order valence-corrected chi connectivity index (χ2v) is 5.44. The van der Waals surface area contributed by atoms with Gasteiger partial charge in [-0.1, -0.05) is 28.1 Å². The zero-order valence-electron chi connectivity index (χ0n) is 10.9. The van der Waals surface area contributed by atoms with Crippen LogP contribution in [0.2, 0.25) is 0 Å². The van der Waals surface area contributed by atoms with Crippen molar-refractivity contribution in [2.75, 3.05) is 12.8 Å². The average molecular weight is 337 g/mol. The molecule has 0 radical (unpaired) electrons. The van der Waals surface area contributed by atoms with Gasteiger partial charge in [0.1, 0.15) is 5.82 Å². The predicted molar refractivity (Wildman–Crippen MR) is 80.8 cm³/mol. The highest BCUT2D eigenvalue weighted by Gasteiger charge is 2.16. The number of hydrogen-bond acceptors (Lipinski definition) is 2. The zero-order chi connectivity index (χ0) is 14.7. The quantitative estimate of drug-likeness (QED) is 0.872. The molecule has 0 saturated heterocycles. The molecule has 20 heavy (non-hydrogen) atoms. The molecule has 3 nitrogen and oxygen atoms in total. The molecule has 0 aliphatic heterocycles.